The molecule has 0 atom stereocenters. The number of hydrogen-bond acceptors (Lipinski definition) is 2. The van der Waals surface area contributed by atoms with Gasteiger partial charge < -0.3 is 4.74 Å². The molecule has 2 nitrogen and oxygen atoms in total. The van der Waals surface area contributed by atoms with Gasteiger partial charge in [0.15, 0.2) is 0 Å². The van der Waals surface area contributed by atoms with E-state index < -0.39 is 11.8 Å². The molecule has 3 heteroatoms. The summed E-state index contributed by atoms with van der Waals surface area (Å²) in [6.07, 6.45) is 5.16. The van der Waals surface area contributed by atoms with Crippen LogP contribution in [0.4, 0.5) is 4.39 Å². The SMILES string of the molecule is Cc1ccc(F)c(C(=O)OC2CCCCC2)c1. The highest BCUT2D eigenvalue weighted by Crippen LogP contribution is 2.22. The molecule has 92 valence electrons. The van der Waals surface area contributed by atoms with Crippen molar-refractivity contribution in [2.24, 2.45) is 0 Å². The number of aryl methyl sites for hydroxylation is 1. The third-order valence-electron chi connectivity index (χ3n) is 3.17. The molecule has 0 radical (unpaired) electrons. The standard InChI is InChI=1S/C14H17FO2/c1-10-7-8-13(15)12(9-10)14(16)17-11-5-3-2-4-6-11/h7-9,11H,2-6H2,1H3. The van der Waals surface area contributed by atoms with Crippen molar-refractivity contribution < 1.29 is 13.9 Å². The Bertz CT molecular complexity index is 409. The number of carbonyl (C=O) groups is 1. The lowest BCUT2D eigenvalue weighted by atomic mass is 9.98. The smallest absolute Gasteiger partial charge is 0.341 e. The number of ether oxygens (including phenoxy) is 1. The van der Waals surface area contributed by atoms with E-state index in [0.29, 0.717) is 0 Å². The van der Waals surface area contributed by atoms with Gasteiger partial charge in [-0.2, -0.15) is 0 Å². The lowest BCUT2D eigenvalue weighted by molar-refractivity contribution is 0.0206. The number of carbonyl (C=O) groups excluding carboxylic acids is 1. The van der Waals surface area contributed by atoms with Crippen LogP contribution in [0.5, 0.6) is 0 Å². The summed E-state index contributed by atoms with van der Waals surface area (Å²) in [6, 6.07) is 4.50. The van der Waals surface area contributed by atoms with Crippen molar-refractivity contribution in [1.82, 2.24) is 0 Å². The number of benzene rings is 1. The summed E-state index contributed by atoms with van der Waals surface area (Å²) in [5.74, 6) is -1.03. The molecule has 0 unspecified atom stereocenters. The minimum Gasteiger partial charge on any atom is -0.459 e. The highest BCUT2D eigenvalue weighted by molar-refractivity contribution is 5.90. The molecule has 0 bridgehead atoms. The molecule has 1 saturated carbocycles. The average molecular weight is 236 g/mol. The van der Waals surface area contributed by atoms with Gasteiger partial charge >= 0.3 is 5.97 Å². The van der Waals surface area contributed by atoms with Gasteiger partial charge in [-0.25, -0.2) is 9.18 Å². The minimum absolute atomic E-state index is 0.0313. The first-order valence-electron chi connectivity index (χ1n) is 6.14. The van der Waals surface area contributed by atoms with Gasteiger partial charge in [-0.15, -0.1) is 0 Å². The van der Waals surface area contributed by atoms with Crippen LogP contribution in [0.2, 0.25) is 0 Å². The number of hydrogen-bond donors (Lipinski definition) is 0. The third kappa shape index (κ3) is 3.05. The summed E-state index contributed by atoms with van der Waals surface area (Å²) in [5.41, 5.74) is 0.914. The Labute approximate surface area is 101 Å². The second-order valence-corrected chi connectivity index (χ2v) is 4.65. The molecule has 1 aromatic carbocycles. The van der Waals surface area contributed by atoms with Gasteiger partial charge in [0.05, 0.1) is 5.56 Å². The molecule has 1 aliphatic rings. The Hall–Kier alpha value is -1.38. The minimum atomic E-state index is -0.530. The molecule has 0 aliphatic heterocycles. The van der Waals surface area contributed by atoms with Crippen LogP contribution < -0.4 is 0 Å². The average Bonchev–Trinajstić information content (AvgIpc) is 2.33. The third-order valence-corrected chi connectivity index (χ3v) is 3.17. The van der Waals surface area contributed by atoms with Crippen molar-refractivity contribution in [3.63, 3.8) is 0 Å². The first-order chi connectivity index (χ1) is 8.16. The molecule has 2 rings (SSSR count). The van der Waals surface area contributed by atoms with E-state index in [1.165, 1.54) is 12.5 Å². The second kappa shape index (κ2) is 5.30. The molecule has 1 aliphatic carbocycles. The van der Waals surface area contributed by atoms with Crippen LogP contribution in [-0.2, 0) is 4.74 Å². The van der Waals surface area contributed by atoms with Crippen molar-refractivity contribution in [3.8, 4) is 0 Å². The molecule has 0 aromatic heterocycles. The Morgan fingerprint density at radius 2 is 2.00 bits per heavy atom. The quantitative estimate of drug-likeness (QED) is 0.733. The van der Waals surface area contributed by atoms with Gasteiger partial charge in [-0.05, 0) is 44.7 Å². The van der Waals surface area contributed by atoms with Crippen LogP contribution in [0.15, 0.2) is 18.2 Å². The maximum absolute atomic E-state index is 13.5. The lowest BCUT2D eigenvalue weighted by Gasteiger charge is -2.21. The van der Waals surface area contributed by atoms with E-state index in [1.807, 2.05) is 6.92 Å². The van der Waals surface area contributed by atoms with Gasteiger partial charge in [-0.3, -0.25) is 0 Å². The number of esters is 1. The fourth-order valence-electron chi connectivity index (χ4n) is 2.19. The molecule has 1 fully saturated rings. The van der Waals surface area contributed by atoms with Gasteiger partial charge in [0, 0.05) is 0 Å². The first-order valence-corrected chi connectivity index (χ1v) is 6.14. The lowest BCUT2D eigenvalue weighted by Crippen LogP contribution is -2.21. The van der Waals surface area contributed by atoms with Crippen LogP contribution in [0, 0.1) is 12.7 Å². The fourth-order valence-corrected chi connectivity index (χ4v) is 2.19. The Morgan fingerprint density at radius 3 is 2.71 bits per heavy atom. The van der Waals surface area contributed by atoms with Gasteiger partial charge in [0.25, 0.3) is 0 Å². The second-order valence-electron chi connectivity index (χ2n) is 4.65. The summed E-state index contributed by atoms with van der Waals surface area (Å²) < 4.78 is 18.8. The Morgan fingerprint density at radius 1 is 1.29 bits per heavy atom. The summed E-state index contributed by atoms with van der Waals surface area (Å²) in [5, 5.41) is 0. The molecule has 17 heavy (non-hydrogen) atoms. The van der Waals surface area contributed by atoms with Crippen LogP contribution in [0.3, 0.4) is 0 Å². The summed E-state index contributed by atoms with van der Waals surface area (Å²) in [7, 11) is 0. The Kier molecular flexibility index (Phi) is 3.77. The van der Waals surface area contributed by atoms with Crippen molar-refractivity contribution >= 4 is 5.97 Å². The molecule has 0 heterocycles. The monoisotopic (exact) mass is 236 g/mol. The first kappa shape index (κ1) is 12.1. The maximum Gasteiger partial charge on any atom is 0.341 e. The normalized spacial score (nSPS) is 16.8. The predicted octanol–water partition coefficient (Wildman–Crippen LogP) is 3.62. The van der Waals surface area contributed by atoms with Gasteiger partial charge in [0.2, 0.25) is 0 Å². The molecule has 0 saturated heterocycles. The molecule has 0 amide bonds. The number of halogens is 1. The molecule has 0 spiro atoms. The van der Waals surface area contributed by atoms with Crippen molar-refractivity contribution in [2.45, 2.75) is 45.1 Å². The van der Waals surface area contributed by atoms with Crippen LogP contribution in [0.1, 0.15) is 48.0 Å². The zero-order valence-electron chi connectivity index (χ0n) is 10.0. The molecular formula is C14H17FO2. The zero-order valence-corrected chi connectivity index (χ0v) is 10.0. The van der Waals surface area contributed by atoms with Crippen molar-refractivity contribution in [1.29, 1.82) is 0 Å². The van der Waals surface area contributed by atoms with Crippen LogP contribution in [-0.4, -0.2) is 12.1 Å². The van der Waals surface area contributed by atoms with Crippen LogP contribution >= 0.6 is 0 Å². The van der Waals surface area contributed by atoms with E-state index in [0.717, 1.165) is 31.2 Å². The zero-order chi connectivity index (χ0) is 12.3. The topological polar surface area (TPSA) is 26.3 Å². The summed E-state index contributed by atoms with van der Waals surface area (Å²) in [4.78, 5) is 11.8. The molecule has 1 aromatic rings. The maximum atomic E-state index is 13.5. The van der Waals surface area contributed by atoms with E-state index in [-0.39, 0.29) is 11.7 Å². The highest BCUT2D eigenvalue weighted by Gasteiger charge is 2.20. The van der Waals surface area contributed by atoms with Crippen molar-refractivity contribution in [3.05, 3.63) is 35.1 Å². The van der Waals surface area contributed by atoms with Crippen molar-refractivity contribution in [2.75, 3.05) is 0 Å². The Balaban J connectivity index is 2.05. The summed E-state index contributed by atoms with van der Waals surface area (Å²) in [6.45, 7) is 1.83. The summed E-state index contributed by atoms with van der Waals surface area (Å²) >= 11 is 0. The largest absolute Gasteiger partial charge is 0.459 e. The van der Waals surface area contributed by atoms with E-state index in [9.17, 15) is 9.18 Å². The van der Waals surface area contributed by atoms with E-state index in [2.05, 4.69) is 0 Å². The van der Waals surface area contributed by atoms with E-state index >= 15 is 0 Å². The van der Waals surface area contributed by atoms with E-state index in [1.54, 1.807) is 12.1 Å². The predicted molar refractivity (Wildman–Crippen MR) is 63.4 cm³/mol. The molecule has 0 N–H and O–H groups in total. The van der Waals surface area contributed by atoms with Gasteiger partial charge in [-0.1, -0.05) is 18.1 Å². The van der Waals surface area contributed by atoms with Crippen LogP contribution in [0.25, 0.3) is 0 Å². The van der Waals surface area contributed by atoms with E-state index in [4.69, 9.17) is 4.74 Å². The number of rotatable bonds is 2. The fraction of sp³-hybridized carbons (Fsp3) is 0.500. The highest BCUT2D eigenvalue weighted by atomic mass is 19.1. The molecular weight excluding hydrogens is 219 g/mol. The van der Waals surface area contributed by atoms with Gasteiger partial charge in [0.1, 0.15) is 11.9 Å².